The van der Waals surface area contributed by atoms with E-state index in [9.17, 15) is 4.79 Å². The van der Waals surface area contributed by atoms with Crippen molar-refractivity contribution in [2.45, 2.75) is 0 Å². The van der Waals surface area contributed by atoms with Crippen molar-refractivity contribution in [3.8, 4) is 0 Å². The molecule has 0 unspecified atom stereocenters. The van der Waals surface area contributed by atoms with Gasteiger partial charge in [0.15, 0.2) is 17.2 Å². The second-order valence-corrected chi connectivity index (χ2v) is 4.73. The minimum absolute atomic E-state index is 0.219. The molecule has 0 saturated heterocycles. The summed E-state index contributed by atoms with van der Waals surface area (Å²) in [5.41, 5.74) is 0.796. The fraction of sp³-hybridized carbons (Fsp3) is 0. The Morgan fingerprint density at radius 3 is 2.85 bits per heavy atom. The quantitative estimate of drug-likeness (QED) is 0.790. The second kappa shape index (κ2) is 5.07. The van der Waals surface area contributed by atoms with Gasteiger partial charge in [0.1, 0.15) is 0 Å². The van der Waals surface area contributed by atoms with Gasteiger partial charge >= 0.3 is 0 Å². The SMILES string of the molecule is O=C(Nc1ncc(Cl)cc1Cl)c1cc2ncccn2n1. The number of halogens is 2. The van der Waals surface area contributed by atoms with Crippen LogP contribution in [0.2, 0.25) is 10.0 Å². The van der Waals surface area contributed by atoms with Gasteiger partial charge in [-0.3, -0.25) is 4.79 Å². The fourth-order valence-corrected chi connectivity index (χ4v) is 2.05. The average molecular weight is 308 g/mol. The van der Waals surface area contributed by atoms with Crippen molar-refractivity contribution >= 4 is 40.6 Å². The van der Waals surface area contributed by atoms with Gasteiger partial charge < -0.3 is 5.32 Å². The third-order valence-electron chi connectivity index (χ3n) is 2.51. The van der Waals surface area contributed by atoms with Crippen molar-refractivity contribution in [3.63, 3.8) is 0 Å². The topological polar surface area (TPSA) is 72.2 Å². The number of hydrogen-bond acceptors (Lipinski definition) is 4. The van der Waals surface area contributed by atoms with Crippen LogP contribution >= 0.6 is 23.2 Å². The number of carbonyl (C=O) groups excluding carboxylic acids is 1. The summed E-state index contributed by atoms with van der Waals surface area (Å²) in [5, 5.41) is 7.32. The molecule has 0 fully saturated rings. The zero-order chi connectivity index (χ0) is 14.1. The Kier molecular flexibility index (Phi) is 3.25. The van der Waals surface area contributed by atoms with E-state index in [4.69, 9.17) is 23.2 Å². The highest BCUT2D eigenvalue weighted by atomic mass is 35.5. The van der Waals surface area contributed by atoms with Crippen LogP contribution in [0.1, 0.15) is 10.5 Å². The predicted molar refractivity (Wildman–Crippen MR) is 75.2 cm³/mol. The molecule has 0 saturated carbocycles. The summed E-state index contributed by atoms with van der Waals surface area (Å²) in [6.07, 6.45) is 4.72. The monoisotopic (exact) mass is 307 g/mol. The summed E-state index contributed by atoms with van der Waals surface area (Å²) in [4.78, 5) is 20.1. The van der Waals surface area contributed by atoms with E-state index >= 15 is 0 Å². The lowest BCUT2D eigenvalue weighted by atomic mass is 10.4. The first-order chi connectivity index (χ1) is 9.63. The smallest absolute Gasteiger partial charge is 0.277 e. The van der Waals surface area contributed by atoms with Crippen LogP contribution < -0.4 is 5.32 Å². The molecule has 8 heteroatoms. The molecule has 3 heterocycles. The lowest BCUT2D eigenvalue weighted by Crippen LogP contribution is -2.14. The molecule has 0 spiro atoms. The number of rotatable bonds is 2. The summed E-state index contributed by atoms with van der Waals surface area (Å²) in [6, 6.07) is 4.79. The number of carbonyl (C=O) groups is 1. The third kappa shape index (κ3) is 2.43. The van der Waals surface area contributed by atoms with Crippen molar-refractivity contribution in [3.05, 3.63) is 52.5 Å². The van der Waals surface area contributed by atoms with Gasteiger partial charge in [0.05, 0.1) is 10.0 Å². The predicted octanol–water partition coefficient (Wildman–Crippen LogP) is 2.68. The Morgan fingerprint density at radius 2 is 2.10 bits per heavy atom. The van der Waals surface area contributed by atoms with Crippen LogP contribution in [0.5, 0.6) is 0 Å². The van der Waals surface area contributed by atoms with Gasteiger partial charge in [-0.05, 0) is 12.1 Å². The summed E-state index contributed by atoms with van der Waals surface area (Å²) in [5.74, 6) is -0.196. The van der Waals surface area contributed by atoms with Crippen molar-refractivity contribution < 1.29 is 4.79 Å². The van der Waals surface area contributed by atoms with E-state index in [1.54, 1.807) is 24.5 Å². The number of nitrogens with one attached hydrogen (secondary N) is 1. The number of anilines is 1. The normalized spacial score (nSPS) is 10.7. The van der Waals surface area contributed by atoms with Crippen LogP contribution in [0.25, 0.3) is 5.65 Å². The molecule has 0 aliphatic rings. The standard InChI is InChI=1S/C12H7Cl2N5O/c13-7-4-8(14)11(16-6-7)17-12(20)9-5-10-15-2-1-3-19(10)18-9/h1-6H,(H,16,17,20). The van der Waals surface area contributed by atoms with Gasteiger partial charge in [-0.15, -0.1) is 0 Å². The van der Waals surface area contributed by atoms with Crippen LogP contribution in [-0.4, -0.2) is 25.5 Å². The molecule has 0 bridgehead atoms. The molecule has 100 valence electrons. The van der Waals surface area contributed by atoms with Gasteiger partial charge in [0.2, 0.25) is 0 Å². The fourth-order valence-electron chi connectivity index (χ4n) is 1.62. The van der Waals surface area contributed by atoms with E-state index < -0.39 is 5.91 Å². The first-order valence-electron chi connectivity index (χ1n) is 5.56. The van der Waals surface area contributed by atoms with Crippen molar-refractivity contribution in [1.29, 1.82) is 0 Å². The first-order valence-corrected chi connectivity index (χ1v) is 6.32. The zero-order valence-corrected chi connectivity index (χ0v) is 11.4. The van der Waals surface area contributed by atoms with Crippen molar-refractivity contribution in [1.82, 2.24) is 19.6 Å². The first kappa shape index (κ1) is 12.8. The van der Waals surface area contributed by atoms with Gasteiger partial charge in [0.25, 0.3) is 5.91 Å². The highest BCUT2D eigenvalue weighted by Gasteiger charge is 2.14. The summed E-state index contributed by atoms with van der Waals surface area (Å²) >= 11 is 11.7. The number of fused-ring (bicyclic) bond motifs is 1. The number of nitrogens with zero attached hydrogens (tertiary/aromatic N) is 4. The van der Waals surface area contributed by atoms with E-state index in [1.807, 2.05) is 0 Å². The van der Waals surface area contributed by atoms with Crippen molar-refractivity contribution in [2.24, 2.45) is 0 Å². The molecule has 0 atom stereocenters. The second-order valence-electron chi connectivity index (χ2n) is 3.89. The molecule has 20 heavy (non-hydrogen) atoms. The van der Waals surface area contributed by atoms with E-state index in [2.05, 4.69) is 20.4 Å². The number of hydrogen-bond donors (Lipinski definition) is 1. The molecule has 3 aromatic rings. The Bertz CT molecular complexity index is 768. The van der Waals surface area contributed by atoms with E-state index in [0.29, 0.717) is 10.7 Å². The molecule has 3 rings (SSSR count). The maximum atomic E-state index is 12.1. The number of pyridine rings is 1. The molecule has 0 aliphatic carbocycles. The average Bonchev–Trinajstić information content (AvgIpc) is 2.86. The van der Waals surface area contributed by atoms with Crippen LogP contribution in [0.4, 0.5) is 5.82 Å². The van der Waals surface area contributed by atoms with E-state index in [1.165, 1.54) is 16.8 Å². The largest absolute Gasteiger partial charge is 0.304 e. The Morgan fingerprint density at radius 1 is 1.25 bits per heavy atom. The lowest BCUT2D eigenvalue weighted by molar-refractivity contribution is 0.102. The highest BCUT2D eigenvalue weighted by Crippen LogP contribution is 2.22. The van der Waals surface area contributed by atoms with E-state index in [0.717, 1.165) is 0 Å². The Hall–Kier alpha value is -2.18. The minimum atomic E-state index is -0.424. The van der Waals surface area contributed by atoms with Crippen LogP contribution in [0.15, 0.2) is 36.8 Å². The molecule has 0 radical (unpaired) electrons. The van der Waals surface area contributed by atoms with Crippen molar-refractivity contribution in [2.75, 3.05) is 5.32 Å². The minimum Gasteiger partial charge on any atom is -0.304 e. The maximum Gasteiger partial charge on any atom is 0.277 e. The van der Waals surface area contributed by atoms with Crippen LogP contribution in [-0.2, 0) is 0 Å². The van der Waals surface area contributed by atoms with Crippen LogP contribution in [0, 0.1) is 0 Å². The third-order valence-corrected chi connectivity index (χ3v) is 3.00. The number of amides is 1. The summed E-state index contributed by atoms with van der Waals surface area (Å²) in [6.45, 7) is 0. The molecule has 6 nitrogen and oxygen atoms in total. The van der Waals surface area contributed by atoms with Gasteiger partial charge in [-0.1, -0.05) is 23.2 Å². The molecule has 3 aromatic heterocycles. The highest BCUT2D eigenvalue weighted by molar-refractivity contribution is 6.36. The zero-order valence-electron chi connectivity index (χ0n) is 9.92. The molecular formula is C12H7Cl2N5O. The van der Waals surface area contributed by atoms with Gasteiger partial charge in [-0.2, -0.15) is 5.10 Å². The summed E-state index contributed by atoms with van der Waals surface area (Å²) < 4.78 is 1.51. The molecule has 0 aromatic carbocycles. The lowest BCUT2D eigenvalue weighted by Gasteiger charge is -2.04. The molecular weight excluding hydrogens is 301 g/mol. The van der Waals surface area contributed by atoms with E-state index in [-0.39, 0.29) is 16.5 Å². The Labute approximate surface area is 123 Å². The van der Waals surface area contributed by atoms with Crippen LogP contribution in [0.3, 0.4) is 0 Å². The van der Waals surface area contributed by atoms with Gasteiger partial charge in [-0.25, -0.2) is 14.5 Å². The molecule has 1 N–H and O–H groups in total. The molecule has 0 aliphatic heterocycles. The molecule has 1 amide bonds. The maximum absolute atomic E-state index is 12.1. The Balaban J connectivity index is 1.89. The summed E-state index contributed by atoms with van der Waals surface area (Å²) in [7, 11) is 0. The number of aromatic nitrogens is 4. The van der Waals surface area contributed by atoms with Gasteiger partial charge in [0, 0.05) is 24.7 Å².